The van der Waals surface area contributed by atoms with Crippen LogP contribution in [0.1, 0.15) is 18.9 Å². The van der Waals surface area contributed by atoms with Crippen molar-refractivity contribution in [3.63, 3.8) is 0 Å². The summed E-state index contributed by atoms with van der Waals surface area (Å²) in [6, 6.07) is 5.17. The maximum Gasteiger partial charge on any atom is 0.305 e. The molecule has 4 nitrogen and oxygen atoms in total. The molecule has 0 heterocycles. The summed E-state index contributed by atoms with van der Waals surface area (Å²) in [4.78, 5) is 24.0. The third-order valence-electron chi connectivity index (χ3n) is 3.00. The topological polar surface area (TPSA) is 57.6 Å². The van der Waals surface area contributed by atoms with Gasteiger partial charge in [-0.2, -0.15) is 0 Å². The number of amides is 1. The molecule has 0 aliphatic rings. The van der Waals surface area contributed by atoms with E-state index in [4.69, 9.17) is 28.3 Å². The number of rotatable bonds is 6. The van der Waals surface area contributed by atoms with E-state index >= 15 is 0 Å². The molecule has 1 atom stereocenters. The lowest BCUT2D eigenvalue weighted by atomic mass is 10.00. The summed E-state index contributed by atoms with van der Waals surface area (Å²) in [6.45, 7) is 2.00. The van der Waals surface area contributed by atoms with E-state index in [0.717, 1.165) is 5.56 Å². The van der Waals surface area contributed by atoms with Gasteiger partial charge in [0.1, 0.15) is 0 Å². The highest BCUT2D eigenvalue weighted by atomic mass is 35.5. The van der Waals surface area contributed by atoms with Crippen molar-refractivity contribution in [1.82, 2.24) is 4.90 Å². The van der Waals surface area contributed by atoms with Crippen LogP contribution in [0.5, 0.6) is 0 Å². The molecule has 1 amide bonds. The summed E-state index contributed by atoms with van der Waals surface area (Å²) in [5, 5.41) is 9.70. The number of hydrogen-bond donors (Lipinski definition) is 1. The molecule has 0 saturated heterocycles. The quantitative estimate of drug-likeness (QED) is 0.877. The fourth-order valence-electron chi connectivity index (χ4n) is 1.85. The summed E-state index contributed by atoms with van der Waals surface area (Å²) in [6.07, 6.45) is 0.433. The molecule has 0 bridgehead atoms. The minimum Gasteiger partial charge on any atom is -0.481 e. The molecule has 0 spiro atoms. The second-order valence-electron chi connectivity index (χ2n) is 4.74. The SMILES string of the molecule is CC(Cc1ccc(Cl)cc1Cl)C(=O)N(C)CCC(=O)O. The number of benzene rings is 1. The van der Waals surface area contributed by atoms with E-state index in [1.807, 2.05) is 0 Å². The van der Waals surface area contributed by atoms with E-state index in [0.29, 0.717) is 16.5 Å². The van der Waals surface area contributed by atoms with Gasteiger partial charge in [0.15, 0.2) is 0 Å². The van der Waals surface area contributed by atoms with Gasteiger partial charge < -0.3 is 10.0 Å². The van der Waals surface area contributed by atoms with Crippen molar-refractivity contribution in [2.45, 2.75) is 19.8 Å². The van der Waals surface area contributed by atoms with E-state index in [-0.39, 0.29) is 24.8 Å². The lowest BCUT2D eigenvalue weighted by Crippen LogP contribution is -2.34. The average molecular weight is 318 g/mol. The zero-order chi connectivity index (χ0) is 15.3. The fourth-order valence-corrected chi connectivity index (χ4v) is 2.34. The normalized spacial score (nSPS) is 12.0. The van der Waals surface area contributed by atoms with Crippen LogP contribution in [0.4, 0.5) is 0 Å². The molecule has 0 fully saturated rings. The monoisotopic (exact) mass is 317 g/mol. The van der Waals surface area contributed by atoms with E-state index in [2.05, 4.69) is 0 Å². The molecule has 0 saturated carbocycles. The summed E-state index contributed by atoms with van der Waals surface area (Å²) >= 11 is 11.9. The van der Waals surface area contributed by atoms with Crippen molar-refractivity contribution in [2.75, 3.05) is 13.6 Å². The van der Waals surface area contributed by atoms with Crippen LogP contribution in [0.2, 0.25) is 10.0 Å². The number of hydrogen-bond acceptors (Lipinski definition) is 2. The van der Waals surface area contributed by atoms with Gasteiger partial charge in [0.2, 0.25) is 5.91 Å². The molecule has 1 rings (SSSR count). The molecule has 20 heavy (non-hydrogen) atoms. The van der Waals surface area contributed by atoms with Crippen LogP contribution in [0.25, 0.3) is 0 Å². The molecule has 1 aromatic carbocycles. The Morgan fingerprint density at radius 2 is 2.00 bits per heavy atom. The minimum absolute atomic E-state index is 0.0589. The number of nitrogens with zero attached hydrogens (tertiary/aromatic N) is 1. The Labute approximate surface area is 128 Å². The Balaban J connectivity index is 2.63. The van der Waals surface area contributed by atoms with E-state index in [1.165, 1.54) is 4.90 Å². The molecule has 0 aromatic heterocycles. The Morgan fingerprint density at radius 1 is 1.35 bits per heavy atom. The van der Waals surface area contributed by atoms with Gasteiger partial charge in [-0.05, 0) is 24.1 Å². The summed E-state index contributed by atoms with van der Waals surface area (Å²) in [5.74, 6) is -1.29. The molecule has 1 N–H and O–H groups in total. The number of carboxylic acids is 1. The zero-order valence-electron chi connectivity index (χ0n) is 11.4. The number of carbonyl (C=O) groups excluding carboxylic acids is 1. The predicted molar refractivity (Wildman–Crippen MR) is 79.2 cm³/mol. The van der Waals surface area contributed by atoms with Gasteiger partial charge in [-0.15, -0.1) is 0 Å². The van der Waals surface area contributed by atoms with E-state index < -0.39 is 5.97 Å². The van der Waals surface area contributed by atoms with Crippen LogP contribution in [-0.4, -0.2) is 35.5 Å². The van der Waals surface area contributed by atoms with Crippen molar-refractivity contribution < 1.29 is 14.7 Å². The van der Waals surface area contributed by atoms with Gasteiger partial charge in [0.25, 0.3) is 0 Å². The van der Waals surface area contributed by atoms with Crippen LogP contribution >= 0.6 is 23.2 Å². The molecule has 110 valence electrons. The highest BCUT2D eigenvalue weighted by molar-refractivity contribution is 6.35. The van der Waals surface area contributed by atoms with Crippen molar-refractivity contribution in [3.8, 4) is 0 Å². The smallest absolute Gasteiger partial charge is 0.305 e. The predicted octanol–water partition coefficient (Wildman–Crippen LogP) is 3.11. The van der Waals surface area contributed by atoms with Crippen molar-refractivity contribution in [1.29, 1.82) is 0 Å². The van der Waals surface area contributed by atoms with Crippen molar-refractivity contribution in [2.24, 2.45) is 5.92 Å². The molecule has 0 radical (unpaired) electrons. The average Bonchev–Trinajstić information content (AvgIpc) is 2.38. The Kier molecular flexibility index (Phi) is 6.30. The summed E-state index contributed by atoms with van der Waals surface area (Å²) in [5.41, 5.74) is 0.851. The van der Waals surface area contributed by atoms with Gasteiger partial charge in [0.05, 0.1) is 6.42 Å². The third kappa shape index (κ3) is 5.02. The third-order valence-corrected chi connectivity index (χ3v) is 3.59. The first kappa shape index (κ1) is 16.8. The maximum absolute atomic E-state index is 12.1. The summed E-state index contributed by atoms with van der Waals surface area (Å²) < 4.78 is 0. The highest BCUT2D eigenvalue weighted by Crippen LogP contribution is 2.23. The number of carbonyl (C=O) groups is 2. The van der Waals surface area contributed by atoms with Crippen LogP contribution in [-0.2, 0) is 16.0 Å². The Bertz CT molecular complexity index is 505. The van der Waals surface area contributed by atoms with Gasteiger partial charge in [-0.1, -0.05) is 36.2 Å². The lowest BCUT2D eigenvalue weighted by Gasteiger charge is -2.21. The molecule has 1 unspecified atom stereocenters. The van der Waals surface area contributed by atoms with Crippen LogP contribution in [0, 0.1) is 5.92 Å². The van der Waals surface area contributed by atoms with Crippen LogP contribution < -0.4 is 0 Å². The molecular weight excluding hydrogens is 301 g/mol. The standard InChI is InChI=1S/C14H17Cl2NO3/c1-9(14(20)17(2)6-5-13(18)19)7-10-3-4-11(15)8-12(10)16/h3-4,8-9H,5-7H2,1-2H3,(H,18,19). The highest BCUT2D eigenvalue weighted by Gasteiger charge is 2.19. The molecule has 6 heteroatoms. The fraction of sp³-hybridized carbons (Fsp3) is 0.429. The van der Waals surface area contributed by atoms with Gasteiger partial charge in [0, 0.05) is 29.6 Å². The molecule has 0 aliphatic carbocycles. The molecule has 1 aromatic rings. The van der Waals surface area contributed by atoms with Gasteiger partial charge in [-0.25, -0.2) is 0 Å². The first-order valence-corrected chi connectivity index (χ1v) is 6.97. The number of halogens is 2. The van der Waals surface area contributed by atoms with Gasteiger partial charge in [-0.3, -0.25) is 9.59 Å². The summed E-state index contributed by atoms with van der Waals surface area (Å²) in [7, 11) is 1.60. The van der Waals surface area contributed by atoms with Gasteiger partial charge >= 0.3 is 5.97 Å². The van der Waals surface area contributed by atoms with Crippen LogP contribution in [0.15, 0.2) is 18.2 Å². The number of aliphatic carboxylic acids is 1. The first-order chi connectivity index (χ1) is 9.31. The van der Waals surface area contributed by atoms with E-state index in [1.54, 1.807) is 32.2 Å². The van der Waals surface area contributed by atoms with E-state index in [9.17, 15) is 9.59 Å². The number of carboxylic acid groups (broad SMARTS) is 1. The Hall–Kier alpha value is -1.26. The zero-order valence-corrected chi connectivity index (χ0v) is 12.9. The first-order valence-electron chi connectivity index (χ1n) is 6.22. The minimum atomic E-state index is -0.918. The Morgan fingerprint density at radius 3 is 2.55 bits per heavy atom. The van der Waals surface area contributed by atoms with Crippen LogP contribution in [0.3, 0.4) is 0 Å². The largest absolute Gasteiger partial charge is 0.481 e. The second kappa shape index (κ2) is 7.50. The molecule has 0 aliphatic heterocycles. The van der Waals surface area contributed by atoms with Crippen molar-refractivity contribution in [3.05, 3.63) is 33.8 Å². The molecular formula is C14H17Cl2NO3. The lowest BCUT2D eigenvalue weighted by molar-refractivity contribution is -0.138. The maximum atomic E-state index is 12.1. The second-order valence-corrected chi connectivity index (χ2v) is 5.59. The van der Waals surface area contributed by atoms with Crippen molar-refractivity contribution >= 4 is 35.1 Å².